The number of halogens is 2. The number of benzene rings is 1. The van der Waals surface area contributed by atoms with Crippen LogP contribution >= 0.6 is 34.5 Å². The Morgan fingerprint density at radius 2 is 2.00 bits per heavy atom. The Labute approximate surface area is 186 Å². The highest BCUT2D eigenvalue weighted by Gasteiger charge is 2.19. The van der Waals surface area contributed by atoms with Crippen molar-refractivity contribution < 1.29 is 19.4 Å². The van der Waals surface area contributed by atoms with Crippen molar-refractivity contribution >= 4 is 56.7 Å². The van der Waals surface area contributed by atoms with E-state index in [0.717, 1.165) is 44.2 Å². The average molecular weight is 469 g/mol. The lowest BCUT2D eigenvalue weighted by Gasteiger charge is -2.26. The lowest BCUT2D eigenvalue weighted by Crippen LogP contribution is -2.38. The molecule has 11 heteroatoms. The number of fused-ring (bicyclic) bond motifs is 1. The Bertz CT molecular complexity index is 1100. The Balaban J connectivity index is 1.65. The Kier molecular flexibility index (Phi) is 6.26. The second kappa shape index (κ2) is 8.91. The molecule has 158 valence electrons. The van der Waals surface area contributed by atoms with Gasteiger partial charge in [0.1, 0.15) is 22.1 Å². The summed E-state index contributed by atoms with van der Waals surface area (Å²) < 4.78 is 11.2. The number of morpholine rings is 1. The molecule has 0 atom stereocenters. The van der Waals surface area contributed by atoms with Crippen molar-refractivity contribution in [1.29, 1.82) is 0 Å². The van der Waals surface area contributed by atoms with Gasteiger partial charge in [-0.2, -0.15) is 0 Å². The van der Waals surface area contributed by atoms with Gasteiger partial charge in [0.05, 0.1) is 29.0 Å². The second-order valence-corrected chi connectivity index (χ2v) is 8.48. The van der Waals surface area contributed by atoms with Gasteiger partial charge >= 0.3 is 5.97 Å². The van der Waals surface area contributed by atoms with Gasteiger partial charge in [0.25, 0.3) is 0 Å². The highest BCUT2D eigenvalue weighted by Crippen LogP contribution is 2.40. The van der Waals surface area contributed by atoms with Crippen molar-refractivity contribution in [2.24, 2.45) is 0 Å². The summed E-state index contributed by atoms with van der Waals surface area (Å²) in [5, 5.41) is 10.6. The van der Waals surface area contributed by atoms with Gasteiger partial charge in [-0.1, -0.05) is 23.2 Å². The number of carbonyl (C=O) groups is 1. The van der Waals surface area contributed by atoms with Crippen LogP contribution in [0.15, 0.2) is 18.2 Å². The van der Waals surface area contributed by atoms with Crippen LogP contribution in [0.25, 0.3) is 21.5 Å². The number of nitrogens with two attached hydrogens (primary N) is 1. The van der Waals surface area contributed by atoms with Crippen molar-refractivity contribution in [2.45, 2.75) is 0 Å². The quantitative estimate of drug-likeness (QED) is 0.563. The minimum Gasteiger partial charge on any atom is -0.491 e. The fraction of sp³-hybridized carbons (Fsp3) is 0.316. The Morgan fingerprint density at radius 3 is 2.73 bits per heavy atom. The Hall–Kier alpha value is -2.17. The monoisotopic (exact) mass is 468 g/mol. The van der Waals surface area contributed by atoms with E-state index < -0.39 is 5.97 Å². The molecule has 3 N–H and O–H groups in total. The summed E-state index contributed by atoms with van der Waals surface area (Å²) in [6, 6.07) is 4.79. The van der Waals surface area contributed by atoms with E-state index >= 15 is 0 Å². The van der Waals surface area contributed by atoms with E-state index in [2.05, 4.69) is 14.9 Å². The van der Waals surface area contributed by atoms with Crippen LogP contribution in [0, 0.1) is 0 Å². The zero-order valence-corrected chi connectivity index (χ0v) is 18.1. The van der Waals surface area contributed by atoms with E-state index in [1.165, 1.54) is 6.07 Å². The zero-order chi connectivity index (χ0) is 21.3. The van der Waals surface area contributed by atoms with Crippen LogP contribution in [0.3, 0.4) is 0 Å². The molecule has 0 saturated carbocycles. The van der Waals surface area contributed by atoms with Crippen LogP contribution in [-0.4, -0.2) is 65.4 Å². The maximum atomic E-state index is 11.4. The maximum Gasteiger partial charge on any atom is 0.345 e. The van der Waals surface area contributed by atoms with E-state index in [4.69, 9.17) is 38.4 Å². The molecule has 1 aliphatic heterocycles. The molecule has 0 radical (unpaired) electrons. The number of ether oxygens (including phenoxy) is 2. The van der Waals surface area contributed by atoms with Crippen LogP contribution in [0.1, 0.15) is 9.67 Å². The summed E-state index contributed by atoms with van der Waals surface area (Å²) in [5.41, 5.74) is 6.82. The molecular weight excluding hydrogens is 451 g/mol. The molecule has 1 aromatic carbocycles. The lowest BCUT2D eigenvalue weighted by molar-refractivity contribution is 0.0322. The number of carboxylic acid groups (broad SMARTS) is 1. The predicted molar refractivity (Wildman–Crippen MR) is 117 cm³/mol. The molecule has 2 aromatic heterocycles. The fourth-order valence-electron chi connectivity index (χ4n) is 3.18. The Morgan fingerprint density at radius 1 is 1.23 bits per heavy atom. The molecule has 3 heterocycles. The molecule has 1 fully saturated rings. The number of anilines is 1. The SMILES string of the molecule is Nc1nc(-c2cc(OCCN3CCOCC3)c(Cl)cc2Cl)c2cc(C(=O)O)sc2n1. The van der Waals surface area contributed by atoms with Crippen LogP contribution in [0.5, 0.6) is 5.75 Å². The molecule has 1 saturated heterocycles. The van der Waals surface area contributed by atoms with Crippen molar-refractivity contribution in [1.82, 2.24) is 14.9 Å². The first-order valence-corrected chi connectivity index (χ1v) is 10.7. The summed E-state index contributed by atoms with van der Waals surface area (Å²) in [4.78, 5) is 22.7. The first kappa shape index (κ1) is 21.1. The maximum absolute atomic E-state index is 11.4. The normalized spacial score (nSPS) is 14.9. The number of nitrogen functional groups attached to an aromatic ring is 1. The van der Waals surface area contributed by atoms with E-state index in [1.54, 1.807) is 12.1 Å². The highest BCUT2D eigenvalue weighted by atomic mass is 35.5. The smallest absolute Gasteiger partial charge is 0.345 e. The van der Waals surface area contributed by atoms with Crippen molar-refractivity contribution in [3.8, 4) is 17.0 Å². The van der Waals surface area contributed by atoms with E-state index in [9.17, 15) is 9.90 Å². The third-order valence-electron chi connectivity index (χ3n) is 4.67. The largest absolute Gasteiger partial charge is 0.491 e. The van der Waals surface area contributed by atoms with Gasteiger partial charge in [-0.3, -0.25) is 4.90 Å². The molecule has 30 heavy (non-hydrogen) atoms. The van der Waals surface area contributed by atoms with Crippen LogP contribution in [-0.2, 0) is 4.74 Å². The molecule has 0 bridgehead atoms. The van der Waals surface area contributed by atoms with Crippen LogP contribution < -0.4 is 10.5 Å². The number of hydrogen-bond donors (Lipinski definition) is 2. The number of nitrogens with zero attached hydrogens (tertiary/aromatic N) is 3. The van der Waals surface area contributed by atoms with Gasteiger partial charge in [0, 0.05) is 30.6 Å². The van der Waals surface area contributed by atoms with Crippen LogP contribution in [0.4, 0.5) is 5.95 Å². The van der Waals surface area contributed by atoms with Gasteiger partial charge in [-0.25, -0.2) is 14.8 Å². The summed E-state index contributed by atoms with van der Waals surface area (Å²) in [6.07, 6.45) is 0. The minimum absolute atomic E-state index is 0.0251. The molecule has 0 spiro atoms. The van der Waals surface area contributed by atoms with Gasteiger partial charge < -0.3 is 20.3 Å². The third kappa shape index (κ3) is 4.45. The molecule has 4 rings (SSSR count). The van der Waals surface area contributed by atoms with Crippen LogP contribution in [0.2, 0.25) is 10.0 Å². The number of aromatic nitrogens is 2. The predicted octanol–water partition coefficient (Wildman–Crippen LogP) is 3.66. The summed E-state index contributed by atoms with van der Waals surface area (Å²) in [6.45, 7) is 4.36. The van der Waals surface area contributed by atoms with E-state index in [1.807, 2.05) is 0 Å². The van der Waals surface area contributed by atoms with Gasteiger partial charge in [-0.05, 0) is 18.2 Å². The molecule has 3 aromatic rings. The number of aromatic carboxylic acids is 1. The first-order valence-electron chi connectivity index (χ1n) is 9.15. The van der Waals surface area contributed by atoms with Crippen molar-refractivity contribution in [2.75, 3.05) is 45.2 Å². The summed E-state index contributed by atoms with van der Waals surface area (Å²) in [5.74, 6) is -0.558. The van der Waals surface area contributed by atoms with E-state index in [0.29, 0.717) is 43.9 Å². The van der Waals surface area contributed by atoms with Gasteiger partial charge in [-0.15, -0.1) is 11.3 Å². The lowest BCUT2D eigenvalue weighted by atomic mass is 10.1. The molecule has 0 unspecified atom stereocenters. The third-order valence-corrected chi connectivity index (χ3v) is 6.29. The fourth-order valence-corrected chi connectivity index (χ4v) is 4.58. The van der Waals surface area contributed by atoms with Crippen molar-refractivity contribution in [3.05, 3.63) is 33.1 Å². The number of hydrogen-bond acceptors (Lipinski definition) is 8. The first-order chi connectivity index (χ1) is 14.4. The molecule has 0 aliphatic carbocycles. The molecular formula is C19H18Cl2N4O4S. The summed E-state index contributed by atoms with van der Waals surface area (Å²) in [7, 11) is 0. The number of carboxylic acids is 1. The summed E-state index contributed by atoms with van der Waals surface area (Å²) >= 11 is 13.8. The number of rotatable bonds is 6. The standard InChI is InChI=1S/C19H18Cl2N4O4S/c20-12-9-13(21)14(29-6-3-25-1-4-28-5-2-25)7-10(12)16-11-8-15(18(26)27)30-17(11)24-19(22)23-16/h7-9H,1-6H2,(H,26,27)(H2,22,23,24). The second-order valence-electron chi connectivity index (χ2n) is 6.63. The molecule has 0 amide bonds. The van der Waals surface area contributed by atoms with Gasteiger partial charge in [0.15, 0.2) is 0 Å². The highest BCUT2D eigenvalue weighted by molar-refractivity contribution is 7.20. The molecule has 1 aliphatic rings. The number of thiophene rings is 1. The minimum atomic E-state index is -1.04. The van der Waals surface area contributed by atoms with E-state index in [-0.39, 0.29) is 10.8 Å². The zero-order valence-electron chi connectivity index (χ0n) is 15.7. The average Bonchev–Trinajstić information content (AvgIpc) is 3.14. The topological polar surface area (TPSA) is 111 Å². The molecule has 8 nitrogen and oxygen atoms in total. The van der Waals surface area contributed by atoms with Gasteiger partial charge in [0.2, 0.25) is 5.95 Å². The van der Waals surface area contributed by atoms with Crippen molar-refractivity contribution in [3.63, 3.8) is 0 Å².